The second kappa shape index (κ2) is 7.25. The number of piperidine rings is 1. The molecule has 0 spiro atoms. The zero-order chi connectivity index (χ0) is 19.9. The third-order valence-electron chi connectivity index (χ3n) is 5.88. The van der Waals surface area contributed by atoms with E-state index in [-0.39, 0.29) is 5.41 Å². The number of likely N-dealkylation sites (tertiary alicyclic amines) is 1. The Morgan fingerprint density at radius 1 is 1.11 bits per heavy atom. The molecule has 1 unspecified atom stereocenters. The lowest BCUT2D eigenvalue weighted by Crippen LogP contribution is -2.34. The van der Waals surface area contributed by atoms with Crippen molar-refractivity contribution in [3.8, 4) is 11.3 Å². The highest BCUT2D eigenvalue weighted by Gasteiger charge is 2.22. The Morgan fingerprint density at radius 2 is 1.86 bits per heavy atom. The number of benzene rings is 1. The van der Waals surface area contributed by atoms with Crippen LogP contribution < -0.4 is 5.73 Å². The van der Waals surface area contributed by atoms with E-state index < -0.39 is 0 Å². The maximum atomic E-state index is 6.10. The van der Waals surface area contributed by atoms with Gasteiger partial charge in [0.15, 0.2) is 0 Å². The van der Waals surface area contributed by atoms with Gasteiger partial charge in [-0.1, -0.05) is 52.0 Å². The second-order valence-electron chi connectivity index (χ2n) is 9.41. The summed E-state index contributed by atoms with van der Waals surface area (Å²) in [5, 5.41) is 0. The molecule has 0 saturated carbocycles. The van der Waals surface area contributed by atoms with E-state index >= 15 is 0 Å². The quantitative estimate of drug-likeness (QED) is 0.691. The maximum Gasteiger partial charge on any atom is 0.137 e. The third kappa shape index (κ3) is 3.79. The number of rotatable bonds is 3. The number of fused-ring (bicyclic) bond motifs is 1. The van der Waals surface area contributed by atoms with Crippen molar-refractivity contribution in [2.45, 2.75) is 52.5 Å². The van der Waals surface area contributed by atoms with Crippen LogP contribution in [-0.4, -0.2) is 27.4 Å². The van der Waals surface area contributed by atoms with Gasteiger partial charge in [-0.25, -0.2) is 4.98 Å². The van der Waals surface area contributed by atoms with Crippen LogP contribution in [0.15, 0.2) is 42.6 Å². The molecule has 28 heavy (non-hydrogen) atoms. The van der Waals surface area contributed by atoms with Crippen LogP contribution >= 0.6 is 0 Å². The monoisotopic (exact) mass is 376 g/mol. The summed E-state index contributed by atoms with van der Waals surface area (Å²) in [6.45, 7) is 12.3. The SMILES string of the molecule is CC1CCCN(Cc2c(-c3ccc(C(C)(C)C)cc3)nc3ccc(N)cn23)C1. The smallest absolute Gasteiger partial charge is 0.137 e. The van der Waals surface area contributed by atoms with Crippen LogP contribution in [0.2, 0.25) is 0 Å². The highest BCUT2D eigenvalue weighted by molar-refractivity contribution is 5.68. The highest BCUT2D eigenvalue weighted by Crippen LogP contribution is 2.30. The fourth-order valence-corrected chi connectivity index (χ4v) is 4.26. The van der Waals surface area contributed by atoms with Crippen LogP contribution in [0.3, 0.4) is 0 Å². The molecule has 1 aromatic carbocycles. The zero-order valence-electron chi connectivity index (χ0n) is 17.6. The molecule has 0 bridgehead atoms. The molecule has 4 heteroatoms. The summed E-state index contributed by atoms with van der Waals surface area (Å²) in [5.74, 6) is 0.757. The summed E-state index contributed by atoms with van der Waals surface area (Å²) >= 11 is 0. The van der Waals surface area contributed by atoms with Gasteiger partial charge >= 0.3 is 0 Å². The van der Waals surface area contributed by atoms with Crippen LogP contribution in [0, 0.1) is 5.92 Å². The Balaban J connectivity index is 1.76. The van der Waals surface area contributed by atoms with Crippen molar-refractivity contribution in [1.29, 1.82) is 0 Å². The molecular formula is C24H32N4. The molecule has 2 aromatic heterocycles. The van der Waals surface area contributed by atoms with Gasteiger partial charge in [-0.05, 0) is 48.4 Å². The van der Waals surface area contributed by atoms with Crippen LogP contribution in [0.25, 0.3) is 16.9 Å². The Hall–Kier alpha value is -2.33. The fraction of sp³-hybridized carbons (Fsp3) is 0.458. The predicted molar refractivity (Wildman–Crippen MR) is 117 cm³/mol. The number of nitrogen functional groups attached to an aromatic ring is 1. The van der Waals surface area contributed by atoms with Crippen LogP contribution in [-0.2, 0) is 12.0 Å². The summed E-state index contributed by atoms with van der Waals surface area (Å²) in [5.41, 5.74) is 12.8. The number of hydrogen-bond donors (Lipinski definition) is 1. The number of nitrogens with zero attached hydrogens (tertiary/aromatic N) is 3. The molecule has 148 valence electrons. The minimum Gasteiger partial charge on any atom is -0.398 e. The number of nitrogens with two attached hydrogens (primary N) is 1. The summed E-state index contributed by atoms with van der Waals surface area (Å²) in [6, 6.07) is 12.9. The van der Waals surface area contributed by atoms with Gasteiger partial charge in [0, 0.05) is 30.5 Å². The van der Waals surface area contributed by atoms with E-state index in [9.17, 15) is 0 Å². The van der Waals surface area contributed by atoms with Crippen molar-refractivity contribution in [2.75, 3.05) is 18.8 Å². The van der Waals surface area contributed by atoms with Crippen molar-refractivity contribution in [3.05, 3.63) is 53.9 Å². The fourth-order valence-electron chi connectivity index (χ4n) is 4.26. The number of anilines is 1. The van der Waals surface area contributed by atoms with E-state index in [2.05, 4.69) is 61.3 Å². The molecule has 4 rings (SSSR count). The van der Waals surface area contributed by atoms with E-state index in [4.69, 9.17) is 10.7 Å². The normalized spacial score (nSPS) is 18.6. The van der Waals surface area contributed by atoms with Gasteiger partial charge in [0.2, 0.25) is 0 Å². The van der Waals surface area contributed by atoms with Gasteiger partial charge in [0.25, 0.3) is 0 Å². The predicted octanol–water partition coefficient (Wildman–Crippen LogP) is 5.11. The number of hydrogen-bond acceptors (Lipinski definition) is 3. The molecule has 0 amide bonds. The summed E-state index contributed by atoms with van der Waals surface area (Å²) < 4.78 is 2.18. The molecule has 1 aliphatic heterocycles. The lowest BCUT2D eigenvalue weighted by atomic mass is 9.86. The standard InChI is InChI=1S/C24H32N4/c1-17-6-5-13-27(14-17)16-21-23(26-22-12-11-20(25)15-28(21)22)18-7-9-19(10-8-18)24(2,3)4/h7-12,15,17H,5-6,13-14,16,25H2,1-4H3. The molecule has 0 radical (unpaired) electrons. The van der Waals surface area contributed by atoms with E-state index in [1.807, 2.05) is 18.3 Å². The number of imidazole rings is 1. The third-order valence-corrected chi connectivity index (χ3v) is 5.88. The van der Waals surface area contributed by atoms with Crippen LogP contribution in [0.5, 0.6) is 0 Å². The molecule has 1 saturated heterocycles. The minimum absolute atomic E-state index is 0.151. The molecule has 1 atom stereocenters. The Kier molecular flexibility index (Phi) is 4.92. The first-order chi connectivity index (χ1) is 13.3. The van der Waals surface area contributed by atoms with Crippen LogP contribution in [0.1, 0.15) is 51.8 Å². The van der Waals surface area contributed by atoms with E-state index in [0.29, 0.717) is 0 Å². The lowest BCUT2D eigenvalue weighted by Gasteiger charge is -2.30. The summed E-state index contributed by atoms with van der Waals surface area (Å²) in [7, 11) is 0. The average Bonchev–Trinajstić information content (AvgIpc) is 2.99. The molecule has 1 aliphatic rings. The first-order valence-electron chi connectivity index (χ1n) is 10.4. The van der Waals surface area contributed by atoms with Gasteiger partial charge < -0.3 is 10.1 Å². The molecule has 0 aliphatic carbocycles. The molecule has 4 nitrogen and oxygen atoms in total. The van der Waals surface area contributed by atoms with E-state index in [1.165, 1.54) is 29.7 Å². The maximum absolute atomic E-state index is 6.10. The first-order valence-corrected chi connectivity index (χ1v) is 10.4. The Morgan fingerprint density at radius 3 is 2.54 bits per heavy atom. The lowest BCUT2D eigenvalue weighted by molar-refractivity contribution is 0.174. The van der Waals surface area contributed by atoms with Gasteiger partial charge in [0.05, 0.1) is 11.4 Å². The molecule has 3 heterocycles. The average molecular weight is 377 g/mol. The minimum atomic E-state index is 0.151. The topological polar surface area (TPSA) is 46.6 Å². The van der Waals surface area contributed by atoms with Crippen molar-refractivity contribution >= 4 is 11.3 Å². The van der Waals surface area contributed by atoms with Crippen molar-refractivity contribution in [1.82, 2.24) is 14.3 Å². The Labute approximate surface area is 168 Å². The Bertz CT molecular complexity index is 963. The van der Waals surface area contributed by atoms with Gasteiger partial charge in [-0.15, -0.1) is 0 Å². The van der Waals surface area contributed by atoms with Gasteiger partial charge in [-0.3, -0.25) is 4.90 Å². The summed E-state index contributed by atoms with van der Waals surface area (Å²) in [4.78, 5) is 7.54. The number of pyridine rings is 1. The highest BCUT2D eigenvalue weighted by atomic mass is 15.2. The second-order valence-corrected chi connectivity index (χ2v) is 9.41. The van der Waals surface area contributed by atoms with Crippen molar-refractivity contribution in [3.63, 3.8) is 0 Å². The molecule has 2 N–H and O–H groups in total. The zero-order valence-corrected chi connectivity index (χ0v) is 17.6. The molecule has 3 aromatic rings. The largest absolute Gasteiger partial charge is 0.398 e. The van der Waals surface area contributed by atoms with Gasteiger partial charge in [-0.2, -0.15) is 0 Å². The van der Waals surface area contributed by atoms with Crippen molar-refractivity contribution < 1.29 is 0 Å². The van der Waals surface area contributed by atoms with Crippen LogP contribution in [0.4, 0.5) is 5.69 Å². The van der Waals surface area contributed by atoms with E-state index in [1.54, 1.807) is 0 Å². The summed E-state index contributed by atoms with van der Waals surface area (Å²) in [6.07, 6.45) is 4.62. The first kappa shape index (κ1) is 19.0. The van der Waals surface area contributed by atoms with Crippen molar-refractivity contribution in [2.24, 2.45) is 5.92 Å². The van der Waals surface area contributed by atoms with Gasteiger partial charge in [0.1, 0.15) is 5.65 Å². The number of aromatic nitrogens is 2. The van der Waals surface area contributed by atoms with E-state index in [0.717, 1.165) is 42.6 Å². The molecule has 1 fully saturated rings. The molecular weight excluding hydrogens is 344 g/mol.